The van der Waals surface area contributed by atoms with Crippen molar-refractivity contribution in [1.29, 1.82) is 0 Å². The van der Waals surface area contributed by atoms with Crippen molar-refractivity contribution in [2.75, 3.05) is 0 Å². The van der Waals surface area contributed by atoms with Gasteiger partial charge in [0.15, 0.2) is 17.4 Å². The van der Waals surface area contributed by atoms with Gasteiger partial charge >= 0.3 is 6.61 Å². The lowest BCUT2D eigenvalue weighted by atomic mass is 9.68. The second-order valence-electron chi connectivity index (χ2n) is 8.39. The van der Waals surface area contributed by atoms with E-state index in [0.29, 0.717) is 11.5 Å². The Morgan fingerprint density at radius 3 is 1.96 bits per heavy atom. The van der Waals surface area contributed by atoms with E-state index < -0.39 is 24.0 Å². The van der Waals surface area contributed by atoms with Crippen LogP contribution in [0.15, 0.2) is 24.3 Å². The lowest BCUT2D eigenvalue weighted by Gasteiger charge is -2.38. The van der Waals surface area contributed by atoms with Crippen molar-refractivity contribution >= 4 is 0 Å². The molecule has 2 aliphatic carbocycles. The van der Waals surface area contributed by atoms with Crippen molar-refractivity contribution in [1.82, 2.24) is 0 Å². The molecule has 2 saturated carbocycles. The van der Waals surface area contributed by atoms with Crippen molar-refractivity contribution in [3.8, 4) is 5.75 Å². The molecule has 0 amide bonds. The molecule has 1 nitrogen and oxygen atoms in total. The first-order valence-corrected chi connectivity index (χ1v) is 10.5. The molecule has 0 atom stereocenters. The van der Waals surface area contributed by atoms with E-state index in [4.69, 9.17) is 0 Å². The Balaban J connectivity index is 1.53. The molecular weight excluding hydrogens is 368 g/mol. The van der Waals surface area contributed by atoms with Crippen molar-refractivity contribution in [2.24, 2.45) is 17.8 Å². The fourth-order valence-corrected chi connectivity index (χ4v) is 5.16. The molecule has 28 heavy (non-hydrogen) atoms. The van der Waals surface area contributed by atoms with Crippen LogP contribution in [0, 0.1) is 29.4 Å². The summed E-state index contributed by atoms with van der Waals surface area (Å²) in [6.45, 7) is -1.17. The maximum absolute atomic E-state index is 14.0. The van der Waals surface area contributed by atoms with Crippen molar-refractivity contribution in [3.63, 3.8) is 0 Å². The lowest BCUT2D eigenvalue weighted by Crippen LogP contribution is -2.25. The maximum Gasteiger partial charge on any atom is 0.387 e. The van der Waals surface area contributed by atoms with E-state index in [2.05, 4.69) is 23.8 Å². The first-order chi connectivity index (χ1) is 13.5. The molecular formula is C23H30F4O. The monoisotopic (exact) mass is 398 g/mol. The van der Waals surface area contributed by atoms with Gasteiger partial charge in [0.2, 0.25) is 0 Å². The Kier molecular flexibility index (Phi) is 7.42. The number of allylic oxidation sites excluding steroid dienone is 2. The van der Waals surface area contributed by atoms with Gasteiger partial charge in [-0.15, -0.1) is 0 Å². The van der Waals surface area contributed by atoms with Gasteiger partial charge in [0.25, 0.3) is 0 Å². The zero-order valence-electron chi connectivity index (χ0n) is 16.5. The fraction of sp³-hybridized carbons (Fsp3) is 0.652. The summed E-state index contributed by atoms with van der Waals surface area (Å²) >= 11 is 0. The van der Waals surface area contributed by atoms with Crippen LogP contribution in [-0.2, 0) is 0 Å². The summed E-state index contributed by atoms with van der Waals surface area (Å²) in [6.07, 6.45) is 14.7. The Hall–Kier alpha value is -1.52. The van der Waals surface area contributed by atoms with Crippen LogP contribution >= 0.6 is 0 Å². The summed E-state index contributed by atoms with van der Waals surface area (Å²) in [4.78, 5) is 0. The standard InChI is InChI=1S/C23H30F4O/c1-2-3-4-15-5-7-16(8-6-15)17-9-11-18(12-10-17)19-13-20(24)22(21(25)14-19)28-23(26)27/h2-3,13-18,23H,4-12H2,1H3. The number of ether oxygens (including phenoxy) is 1. The average molecular weight is 398 g/mol. The van der Waals surface area contributed by atoms with Gasteiger partial charge in [0.05, 0.1) is 0 Å². The van der Waals surface area contributed by atoms with Gasteiger partial charge in [-0.2, -0.15) is 8.78 Å². The summed E-state index contributed by atoms with van der Waals surface area (Å²) in [5.41, 5.74) is 0.560. The smallest absolute Gasteiger partial charge is 0.387 e. The van der Waals surface area contributed by atoms with Crippen LogP contribution in [0.25, 0.3) is 0 Å². The normalized spacial score (nSPS) is 28.8. The molecule has 2 aliphatic rings. The van der Waals surface area contributed by atoms with Crippen LogP contribution in [0.1, 0.15) is 76.2 Å². The minimum absolute atomic E-state index is 0.0897. The van der Waals surface area contributed by atoms with Gasteiger partial charge in [-0.3, -0.25) is 0 Å². The third kappa shape index (κ3) is 5.30. The molecule has 0 saturated heterocycles. The SMILES string of the molecule is CC=CCC1CCC(C2CCC(c3cc(F)c(OC(F)F)c(F)c3)CC2)CC1. The van der Waals surface area contributed by atoms with E-state index in [1.807, 2.05) is 0 Å². The summed E-state index contributed by atoms with van der Waals surface area (Å²) < 4.78 is 56.6. The number of hydrogen-bond donors (Lipinski definition) is 0. The van der Waals surface area contributed by atoms with Gasteiger partial charge in [0, 0.05) is 0 Å². The van der Waals surface area contributed by atoms with Crippen molar-refractivity contribution in [2.45, 2.75) is 77.2 Å². The first kappa shape index (κ1) is 21.2. The lowest BCUT2D eigenvalue weighted by molar-refractivity contribution is -0.0546. The molecule has 0 aromatic heterocycles. The van der Waals surface area contributed by atoms with Gasteiger partial charge in [-0.1, -0.05) is 12.2 Å². The Bertz CT molecular complexity index is 634. The highest BCUT2D eigenvalue weighted by molar-refractivity contribution is 5.33. The molecule has 0 bridgehead atoms. The molecule has 0 N–H and O–H groups in total. The van der Waals surface area contributed by atoms with E-state index in [-0.39, 0.29) is 5.92 Å². The zero-order valence-corrected chi connectivity index (χ0v) is 16.5. The van der Waals surface area contributed by atoms with Gasteiger partial charge < -0.3 is 4.74 Å². The molecule has 156 valence electrons. The van der Waals surface area contributed by atoms with Gasteiger partial charge in [-0.05, 0) is 106 Å². The molecule has 2 fully saturated rings. The predicted molar refractivity (Wildman–Crippen MR) is 103 cm³/mol. The molecule has 3 rings (SSSR count). The van der Waals surface area contributed by atoms with Crippen molar-refractivity contribution < 1.29 is 22.3 Å². The molecule has 5 heteroatoms. The van der Waals surface area contributed by atoms with Crippen LogP contribution in [0.3, 0.4) is 0 Å². The fourth-order valence-electron chi connectivity index (χ4n) is 5.16. The summed E-state index contributed by atoms with van der Waals surface area (Å²) in [5.74, 6) is -0.681. The third-order valence-corrected chi connectivity index (χ3v) is 6.73. The van der Waals surface area contributed by atoms with Crippen LogP contribution < -0.4 is 4.74 Å². The minimum Gasteiger partial charge on any atom is -0.429 e. The average Bonchev–Trinajstić information content (AvgIpc) is 2.69. The van der Waals surface area contributed by atoms with E-state index >= 15 is 0 Å². The largest absolute Gasteiger partial charge is 0.429 e. The van der Waals surface area contributed by atoms with Crippen LogP contribution in [0.2, 0.25) is 0 Å². The number of hydrogen-bond acceptors (Lipinski definition) is 1. The molecule has 0 heterocycles. The molecule has 0 unspecified atom stereocenters. The molecule has 0 spiro atoms. The van der Waals surface area contributed by atoms with Crippen LogP contribution in [-0.4, -0.2) is 6.61 Å². The van der Waals surface area contributed by atoms with Crippen LogP contribution in [0.4, 0.5) is 17.6 Å². The predicted octanol–water partition coefficient (Wildman–Crippen LogP) is 7.61. The van der Waals surface area contributed by atoms with Crippen molar-refractivity contribution in [3.05, 3.63) is 41.5 Å². The van der Waals surface area contributed by atoms with E-state index in [9.17, 15) is 17.6 Å². The Morgan fingerprint density at radius 2 is 1.46 bits per heavy atom. The molecule has 0 aliphatic heterocycles. The summed E-state index contributed by atoms with van der Waals surface area (Å²) in [5, 5.41) is 0. The number of alkyl halides is 2. The topological polar surface area (TPSA) is 9.23 Å². The highest BCUT2D eigenvalue weighted by Crippen LogP contribution is 2.45. The van der Waals surface area contributed by atoms with E-state index in [1.54, 1.807) is 0 Å². The van der Waals surface area contributed by atoms with Gasteiger partial charge in [-0.25, -0.2) is 8.78 Å². The maximum atomic E-state index is 14.0. The van der Waals surface area contributed by atoms with Crippen LogP contribution in [0.5, 0.6) is 5.75 Å². The molecule has 0 radical (unpaired) electrons. The quantitative estimate of drug-likeness (QED) is 0.354. The number of halogens is 4. The number of benzene rings is 1. The van der Waals surface area contributed by atoms with Gasteiger partial charge in [0.1, 0.15) is 0 Å². The highest BCUT2D eigenvalue weighted by Gasteiger charge is 2.31. The first-order valence-electron chi connectivity index (χ1n) is 10.5. The Morgan fingerprint density at radius 1 is 0.929 bits per heavy atom. The third-order valence-electron chi connectivity index (χ3n) is 6.73. The summed E-state index contributed by atoms with van der Waals surface area (Å²) in [6, 6.07) is 2.33. The van der Waals surface area contributed by atoms with E-state index in [0.717, 1.165) is 49.7 Å². The van der Waals surface area contributed by atoms with E-state index in [1.165, 1.54) is 32.1 Å². The molecule has 1 aromatic rings. The molecule has 1 aromatic carbocycles. The summed E-state index contributed by atoms with van der Waals surface area (Å²) in [7, 11) is 0. The minimum atomic E-state index is -3.24. The Labute approximate surface area is 165 Å². The zero-order chi connectivity index (χ0) is 20.1. The highest BCUT2D eigenvalue weighted by atomic mass is 19.3. The number of rotatable bonds is 6. The second-order valence-corrected chi connectivity index (χ2v) is 8.39. The second kappa shape index (κ2) is 9.80.